The summed E-state index contributed by atoms with van der Waals surface area (Å²) >= 11 is 0. The molecule has 2 aromatic rings. The van der Waals surface area contributed by atoms with Gasteiger partial charge in [-0.15, -0.1) is 0 Å². The number of aryl methyl sites for hydroxylation is 1. The first kappa shape index (κ1) is 10.6. The summed E-state index contributed by atoms with van der Waals surface area (Å²) < 4.78 is 5.73. The van der Waals surface area contributed by atoms with Gasteiger partial charge in [0.25, 0.3) is 0 Å². The Morgan fingerprint density at radius 1 is 0.938 bits per heavy atom. The van der Waals surface area contributed by atoms with Gasteiger partial charge in [0, 0.05) is 12.7 Å². The van der Waals surface area contributed by atoms with Crippen molar-refractivity contribution in [3.63, 3.8) is 0 Å². The lowest BCUT2D eigenvalue weighted by molar-refractivity contribution is 0.482. The van der Waals surface area contributed by atoms with Crippen LogP contribution in [0.4, 0.5) is 5.69 Å². The van der Waals surface area contributed by atoms with Gasteiger partial charge in [-0.25, -0.2) is 0 Å². The van der Waals surface area contributed by atoms with Crippen molar-refractivity contribution in [3.05, 3.63) is 54.1 Å². The van der Waals surface area contributed by atoms with Crippen molar-refractivity contribution in [2.75, 3.05) is 12.4 Å². The Bertz CT molecular complexity index is 465. The number of hydrogen-bond donors (Lipinski definition) is 1. The SMILES string of the molecule is CNc1ccc(Oc2ccccc2)cc1C. The van der Waals surface area contributed by atoms with Gasteiger partial charge in [0.05, 0.1) is 0 Å². The van der Waals surface area contributed by atoms with Gasteiger partial charge < -0.3 is 10.1 Å². The van der Waals surface area contributed by atoms with E-state index >= 15 is 0 Å². The third kappa shape index (κ3) is 2.34. The number of para-hydroxylation sites is 1. The molecular weight excluding hydrogens is 198 g/mol. The van der Waals surface area contributed by atoms with Crippen LogP contribution in [0.5, 0.6) is 11.5 Å². The highest BCUT2D eigenvalue weighted by atomic mass is 16.5. The average Bonchev–Trinajstić information content (AvgIpc) is 2.31. The number of benzene rings is 2. The molecule has 2 heteroatoms. The van der Waals surface area contributed by atoms with Gasteiger partial charge in [-0.1, -0.05) is 18.2 Å². The molecule has 0 amide bonds. The van der Waals surface area contributed by atoms with Crippen molar-refractivity contribution in [2.45, 2.75) is 6.92 Å². The fraction of sp³-hybridized carbons (Fsp3) is 0.143. The molecule has 0 saturated carbocycles. The van der Waals surface area contributed by atoms with Crippen molar-refractivity contribution in [1.82, 2.24) is 0 Å². The lowest BCUT2D eigenvalue weighted by atomic mass is 10.2. The van der Waals surface area contributed by atoms with Crippen molar-refractivity contribution in [1.29, 1.82) is 0 Å². The minimum atomic E-state index is 0.860. The van der Waals surface area contributed by atoms with Crippen LogP contribution in [0, 0.1) is 6.92 Å². The highest BCUT2D eigenvalue weighted by Gasteiger charge is 2.00. The highest BCUT2D eigenvalue weighted by Crippen LogP contribution is 2.25. The van der Waals surface area contributed by atoms with E-state index in [-0.39, 0.29) is 0 Å². The summed E-state index contributed by atoms with van der Waals surface area (Å²) in [6.45, 7) is 2.06. The molecule has 0 aliphatic rings. The van der Waals surface area contributed by atoms with Crippen molar-refractivity contribution < 1.29 is 4.74 Å². The second-order valence-corrected chi connectivity index (χ2v) is 3.64. The fourth-order valence-corrected chi connectivity index (χ4v) is 1.60. The molecule has 0 aliphatic heterocycles. The number of ether oxygens (including phenoxy) is 1. The van der Waals surface area contributed by atoms with E-state index in [1.54, 1.807) is 0 Å². The minimum Gasteiger partial charge on any atom is -0.457 e. The van der Waals surface area contributed by atoms with E-state index in [0.29, 0.717) is 0 Å². The van der Waals surface area contributed by atoms with Crippen LogP contribution in [0.2, 0.25) is 0 Å². The minimum absolute atomic E-state index is 0.860. The van der Waals surface area contributed by atoms with Crippen LogP contribution < -0.4 is 10.1 Å². The van der Waals surface area contributed by atoms with Gasteiger partial charge in [0.1, 0.15) is 11.5 Å². The Kier molecular flexibility index (Phi) is 3.10. The molecule has 0 fully saturated rings. The molecule has 82 valence electrons. The molecule has 2 nitrogen and oxygen atoms in total. The largest absolute Gasteiger partial charge is 0.457 e. The zero-order valence-corrected chi connectivity index (χ0v) is 9.53. The molecule has 0 bridgehead atoms. The topological polar surface area (TPSA) is 21.3 Å². The molecule has 2 rings (SSSR count). The van der Waals surface area contributed by atoms with Crippen molar-refractivity contribution in [3.8, 4) is 11.5 Å². The summed E-state index contributed by atoms with van der Waals surface area (Å²) in [6.07, 6.45) is 0. The van der Waals surface area contributed by atoms with Crippen LogP contribution in [0.25, 0.3) is 0 Å². The Morgan fingerprint density at radius 2 is 1.69 bits per heavy atom. The first-order valence-electron chi connectivity index (χ1n) is 5.31. The molecule has 0 heterocycles. The first-order valence-corrected chi connectivity index (χ1v) is 5.31. The fourth-order valence-electron chi connectivity index (χ4n) is 1.60. The lowest BCUT2D eigenvalue weighted by Gasteiger charge is -2.09. The average molecular weight is 213 g/mol. The summed E-state index contributed by atoms with van der Waals surface area (Å²) in [6, 6.07) is 15.8. The van der Waals surface area contributed by atoms with E-state index in [0.717, 1.165) is 17.2 Å². The normalized spacial score (nSPS) is 9.88. The number of rotatable bonds is 3. The number of hydrogen-bond acceptors (Lipinski definition) is 2. The van der Waals surface area contributed by atoms with Crippen LogP contribution in [-0.2, 0) is 0 Å². The Hall–Kier alpha value is -1.96. The standard InChI is InChI=1S/C14H15NO/c1-11-10-13(8-9-14(11)15-2)16-12-6-4-3-5-7-12/h3-10,15H,1-2H3. The Morgan fingerprint density at radius 3 is 2.31 bits per heavy atom. The van der Waals surface area contributed by atoms with Gasteiger partial charge in [0.15, 0.2) is 0 Å². The van der Waals surface area contributed by atoms with Crippen LogP contribution in [0.1, 0.15) is 5.56 Å². The zero-order chi connectivity index (χ0) is 11.4. The van der Waals surface area contributed by atoms with E-state index in [1.807, 2.05) is 55.6 Å². The van der Waals surface area contributed by atoms with Gasteiger partial charge in [-0.05, 0) is 42.8 Å². The maximum Gasteiger partial charge on any atom is 0.127 e. The second-order valence-electron chi connectivity index (χ2n) is 3.64. The van der Waals surface area contributed by atoms with Crippen molar-refractivity contribution in [2.24, 2.45) is 0 Å². The van der Waals surface area contributed by atoms with Gasteiger partial charge in [-0.3, -0.25) is 0 Å². The number of anilines is 1. The first-order chi connectivity index (χ1) is 7.79. The van der Waals surface area contributed by atoms with E-state index in [9.17, 15) is 0 Å². The zero-order valence-electron chi connectivity index (χ0n) is 9.53. The molecule has 0 aliphatic carbocycles. The lowest BCUT2D eigenvalue weighted by Crippen LogP contribution is -1.92. The molecule has 0 aromatic heterocycles. The highest BCUT2D eigenvalue weighted by molar-refractivity contribution is 5.53. The van der Waals surface area contributed by atoms with Gasteiger partial charge >= 0.3 is 0 Å². The summed E-state index contributed by atoms with van der Waals surface area (Å²) in [5.74, 6) is 1.72. The molecule has 2 aromatic carbocycles. The van der Waals surface area contributed by atoms with Gasteiger partial charge in [0.2, 0.25) is 0 Å². The summed E-state index contributed by atoms with van der Waals surface area (Å²) in [5, 5.41) is 3.13. The second kappa shape index (κ2) is 4.71. The Balaban J connectivity index is 2.20. The summed E-state index contributed by atoms with van der Waals surface area (Å²) in [7, 11) is 1.92. The molecule has 0 unspecified atom stereocenters. The van der Waals surface area contributed by atoms with Crippen LogP contribution in [0.15, 0.2) is 48.5 Å². The van der Waals surface area contributed by atoms with Gasteiger partial charge in [-0.2, -0.15) is 0 Å². The van der Waals surface area contributed by atoms with E-state index in [1.165, 1.54) is 5.56 Å². The smallest absolute Gasteiger partial charge is 0.127 e. The third-order valence-corrected chi connectivity index (χ3v) is 2.45. The maximum atomic E-state index is 5.73. The molecule has 0 atom stereocenters. The number of nitrogens with one attached hydrogen (secondary N) is 1. The predicted octanol–water partition coefficient (Wildman–Crippen LogP) is 3.83. The maximum absolute atomic E-state index is 5.73. The predicted molar refractivity (Wildman–Crippen MR) is 67.2 cm³/mol. The summed E-state index contributed by atoms with van der Waals surface area (Å²) in [4.78, 5) is 0. The summed E-state index contributed by atoms with van der Waals surface area (Å²) in [5.41, 5.74) is 2.30. The molecule has 16 heavy (non-hydrogen) atoms. The van der Waals surface area contributed by atoms with Crippen molar-refractivity contribution >= 4 is 5.69 Å². The quantitative estimate of drug-likeness (QED) is 0.836. The van der Waals surface area contributed by atoms with E-state index in [4.69, 9.17) is 4.74 Å². The Labute approximate surface area is 95.9 Å². The van der Waals surface area contributed by atoms with E-state index < -0.39 is 0 Å². The molecular formula is C14H15NO. The molecule has 0 spiro atoms. The molecule has 0 saturated heterocycles. The third-order valence-electron chi connectivity index (χ3n) is 2.45. The monoisotopic (exact) mass is 213 g/mol. The van der Waals surface area contributed by atoms with Crippen LogP contribution in [0.3, 0.4) is 0 Å². The molecule has 1 N–H and O–H groups in total. The van der Waals surface area contributed by atoms with E-state index in [2.05, 4.69) is 12.2 Å². The van der Waals surface area contributed by atoms with Crippen LogP contribution >= 0.6 is 0 Å². The van der Waals surface area contributed by atoms with Crippen LogP contribution in [-0.4, -0.2) is 7.05 Å². The molecule has 0 radical (unpaired) electrons.